The molecule has 0 spiro atoms. The molecule has 1 N–H and O–H groups in total. The monoisotopic (exact) mass is 238 g/mol. The van der Waals surface area contributed by atoms with E-state index in [9.17, 15) is 4.79 Å². The first-order valence-corrected chi connectivity index (χ1v) is 5.44. The van der Waals surface area contributed by atoms with Crippen molar-refractivity contribution >= 4 is 11.9 Å². The van der Waals surface area contributed by atoms with Gasteiger partial charge >= 0.3 is 0 Å². The number of carbonyl (C=O) groups is 1. The summed E-state index contributed by atoms with van der Waals surface area (Å²) in [6, 6.07) is 1.73. The normalized spacial score (nSPS) is 9.88. The first-order chi connectivity index (χ1) is 8.06. The highest BCUT2D eigenvalue weighted by Gasteiger charge is 2.08. The average Bonchev–Trinajstić information content (AvgIpc) is 2.34. The van der Waals surface area contributed by atoms with Crippen LogP contribution < -0.4 is 10.1 Å². The SMILES string of the molecule is CCN(C)C(=O)CNc1nc(C)cc(OC)n1. The quantitative estimate of drug-likeness (QED) is 0.817. The van der Waals surface area contributed by atoms with Crippen LogP contribution in [0.15, 0.2) is 6.07 Å². The van der Waals surface area contributed by atoms with Crippen LogP contribution in [-0.4, -0.2) is 48.0 Å². The first kappa shape index (κ1) is 13.2. The summed E-state index contributed by atoms with van der Waals surface area (Å²) in [5.41, 5.74) is 0.788. The zero-order valence-electron chi connectivity index (χ0n) is 10.6. The lowest BCUT2D eigenvalue weighted by molar-refractivity contribution is -0.127. The van der Waals surface area contributed by atoms with Crippen molar-refractivity contribution in [2.75, 3.05) is 32.6 Å². The molecule has 0 atom stereocenters. The minimum absolute atomic E-state index is 0.00317. The van der Waals surface area contributed by atoms with Gasteiger partial charge in [-0.25, -0.2) is 4.98 Å². The van der Waals surface area contributed by atoms with Crippen LogP contribution in [0.5, 0.6) is 5.88 Å². The van der Waals surface area contributed by atoms with E-state index in [0.717, 1.165) is 5.69 Å². The second-order valence-electron chi connectivity index (χ2n) is 3.64. The fourth-order valence-electron chi connectivity index (χ4n) is 1.19. The summed E-state index contributed by atoms with van der Waals surface area (Å²) in [7, 11) is 3.29. The maximum atomic E-state index is 11.6. The molecular formula is C11H18N4O2. The van der Waals surface area contributed by atoms with Crippen LogP contribution in [0.1, 0.15) is 12.6 Å². The van der Waals surface area contributed by atoms with Gasteiger partial charge < -0.3 is 15.0 Å². The second kappa shape index (κ2) is 6.03. The number of methoxy groups -OCH3 is 1. The molecule has 17 heavy (non-hydrogen) atoms. The minimum Gasteiger partial charge on any atom is -0.481 e. The highest BCUT2D eigenvalue weighted by Crippen LogP contribution is 2.10. The van der Waals surface area contributed by atoms with E-state index < -0.39 is 0 Å². The number of amides is 1. The van der Waals surface area contributed by atoms with Gasteiger partial charge in [0.2, 0.25) is 17.7 Å². The van der Waals surface area contributed by atoms with Crippen molar-refractivity contribution in [1.82, 2.24) is 14.9 Å². The molecule has 6 nitrogen and oxygen atoms in total. The number of aromatic nitrogens is 2. The maximum absolute atomic E-state index is 11.6. The number of nitrogens with zero attached hydrogens (tertiary/aromatic N) is 3. The van der Waals surface area contributed by atoms with E-state index in [1.165, 1.54) is 0 Å². The van der Waals surface area contributed by atoms with Crippen LogP contribution in [0.4, 0.5) is 5.95 Å². The van der Waals surface area contributed by atoms with Crippen molar-refractivity contribution in [2.24, 2.45) is 0 Å². The van der Waals surface area contributed by atoms with Gasteiger partial charge in [-0.05, 0) is 13.8 Å². The third kappa shape index (κ3) is 3.90. The summed E-state index contributed by atoms with van der Waals surface area (Å²) < 4.78 is 5.02. The van der Waals surface area contributed by atoms with Gasteiger partial charge in [0, 0.05) is 25.4 Å². The maximum Gasteiger partial charge on any atom is 0.241 e. The highest BCUT2D eigenvalue weighted by atomic mass is 16.5. The highest BCUT2D eigenvalue weighted by molar-refractivity contribution is 5.80. The van der Waals surface area contributed by atoms with E-state index >= 15 is 0 Å². The molecule has 1 aromatic heterocycles. The number of likely N-dealkylation sites (N-methyl/N-ethyl adjacent to an activating group) is 1. The van der Waals surface area contributed by atoms with E-state index in [4.69, 9.17) is 4.74 Å². The van der Waals surface area contributed by atoms with Gasteiger partial charge in [-0.15, -0.1) is 0 Å². The third-order valence-corrected chi connectivity index (χ3v) is 2.34. The van der Waals surface area contributed by atoms with E-state index in [1.54, 1.807) is 25.1 Å². The van der Waals surface area contributed by atoms with E-state index in [-0.39, 0.29) is 12.5 Å². The zero-order valence-corrected chi connectivity index (χ0v) is 10.6. The van der Waals surface area contributed by atoms with Crippen molar-refractivity contribution in [1.29, 1.82) is 0 Å². The molecule has 0 bridgehead atoms. The number of rotatable bonds is 5. The second-order valence-corrected chi connectivity index (χ2v) is 3.64. The molecule has 0 aliphatic carbocycles. The zero-order chi connectivity index (χ0) is 12.8. The topological polar surface area (TPSA) is 67.4 Å². The number of aryl methyl sites for hydroxylation is 1. The fourth-order valence-corrected chi connectivity index (χ4v) is 1.19. The van der Waals surface area contributed by atoms with Gasteiger partial charge in [0.25, 0.3) is 0 Å². The Morgan fingerprint density at radius 1 is 1.53 bits per heavy atom. The lowest BCUT2D eigenvalue weighted by Gasteiger charge is -2.14. The van der Waals surface area contributed by atoms with Crippen molar-refractivity contribution in [2.45, 2.75) is 13.8 Å². The van der Waals surface area contributed by atoms with Gasteiger partial charge in [-0.1, -0.05) is 0 Å². The molecule has 0 fully saturated rings. The van der Waals surface area contributed by atoms with Crippen molar-refractivity contribution in [3.8, 4) is 5.88 Å². The third-order valence-electron chi connectivity index (χ3n) is 2.34. The molecule has 0 aliphatic rings. The Kier molecular flexibility index (Phi) is 4.68. The van der Waals surface area contributed by atoms with Gasteiger partial charge in [0.1, 0.15) is 0 Å². The molecular weight excluding hydrogens is 220 g/mol. The van der Waals surface area contributed by atoms with Gasteiger partial charge in [0.05, 0.1) is 13.7 Å². The van der Waals surface area contributed by atoms with Crippen LogP contribution in [0.2, 0.25) is 0 Å². The smallest absolute Gasteiger partial charge is 0.241 e. The Balaban J connectivity index is 2.63. The predicted octanol–water partition coefficient (Wildman–Crippen LogP) is 0.684. The Bertz CT molecular complexity index is 395. The number of hydrogen-bond donors (Lipinski definition) is 1. The molecule has 0 aliphatic heterocycles. The van der Waals surface area contributed by atoms with E-state index in [1.807, 2.05) is 13.8 Å². The van der Waals surface area contributed by atoms with E-state index in [2.05, 4.69) is 15.3 Å². The minimum atomic E-state index is -0.00317. The standard InChI is InChI=1S/C11H18N4O2/c1-5-15(3)10(16)7-12-11-13-8(2)6-9(14-11)17-4/h6H,5,7H2,1-4H3,(H,12,13,14). The van der Waals surface area contributed by atoms with Crippen LogP contribution in [0.3, 0.4) is 0 Å². The molecule has 1 amide bonds. The van der Waals surface area contributed by atoms with Crippen molar-refractivity contribution in [3.63, 3.8) is 0 Å². The van der Waals surface area contributed by atoms with Crippen molar-refractivity contribution in [3.05, 3.63) is 11.8 Å². The van der Waals surface area contributed by atoms with Gasteiger partial charge in [-0.3, -0.25) is 4.79 Å². The Hall–Kier alpha value is -1.85. The largest absolute Gasteiger partial charge is 0.481 e. The molecule has 0 radical (unpaired) electrons. The van der Waals surface area contributed by atoms with E-state index in [0.29, 0.717) is 18.4 Å². The number of ether oxygens (including phenoxy) is 1. The Morgan fingerprint density at radius 2 is 2.24 bits per heavy atom. The molecule has 94 valence electrons. The van der Waals surface area contributed by atoms with Gasteiger partial charge in [-0.2, -0.15) is 4.98 Å². The summed E-state index contributed by atoms with van der Waals surface area (Å²) in [5.74, 6) is 0.882. The average molecular weight is 238 g/mol. The lowest BCUT2D eigenvalue weighted by Crippen LogP contribution is -2.32. The van der Waals surface area contributed by atoms with Crippen LogP contribution in [0, 0.1) is 6.92 Å². The number of nitrogens with one attached hydrogen (secondary N) is 1. The van der Waals surface area contributed by atoms with Crippen LogP contribution >= 0.6 is 0 Å². The molecule has 0 saturated carbocycles. The molecule has 0 aromatic carbocycles. The molecule has 1 rings (SSSR count). The molecule has 1 heterocycles. The summed E-state index contributed by atoms with van der Waals surface area (Å²) in [4.78, 5) is 21.4. The van der Waals surface area contributed by atoms with Crippen LogP contribution in [-0.2, 0) is 4.79 Å². The molecule has 0 saturated heterocycles. The molecule has 0 unspecified atom stereocenters. The predicted molar refractivity (Wildman–Crippen MR) is 65.1 cm³/mol. The lowest BCUT2D eigenvalue weighted by atomic mass is 10.4. The summed E-state index contributed by atoms with van der Waals surface area (Å²) >= 11 is 0. The number of hydrogen-bond acceptors (Lipinski definition) is 5. The van der Waals surface area contributed by atoms with Gasteiger partial charge in [0.15, 0.2) is 0 Å². The van der Waals surface area contributed by atoms with Crippen molar-refractivity contribution < 1.29 is 9.53 Å². The number of carbonyl (C=O) groups excluding carboxylic acids is 1. The Morgan fingerprint density at radius 3 is 2.82 bits per heavy atom. The summed E-state index contributed by atoms with van der Waals surface area (Å²) in [6.45, 7) is 4.62. The fraction of sp³-hybridized carbons (Fsp3) is 0.545. The molecule has 1 aromatic rings. The summed E-state index contributed by atoms with van der Waals surface area (Å²) in [6.07, 6.45) is 0. The van der Waals surface area contributed by atoms with Crippen LogP contribution in [0.25, 0.3) is 0 Å². The Labute approximate surface area is 101 Å². The summed E-state index contributed by atoms with van der Waals surface area (Å²) in [5, 5.41) is 2.88. The molecule has 6 heteroatoms. The number of anilines is 1. The first-order valence-electron chi connectivity index (χ1n) is 5.44.